The highest BCUT2D eigenvalue weighted by Crippen LogP contribution is 2.34. The quantitative estimate of drug-likeness (QED) is 0.831. The van der Waals surface area contributed by atoms with Crippen molar-refractivity contribution in [1.82, 2.24) is 5.32 Å². The van der Waals surface area contributed by atoms with Gasteiger partial charge in [-0.2, -0.15) is 0 Å². The molecule has 0 radical (unpaired) electrons. The number of aliphatic carboxylic acids is 1. The first-order chi connectivity index (χ1) is 9.94. The third-order valence-corrected chi connectivity index (χ3v) is 5.22. The van der Waals surface area contributed by atoms with Gasteiger partial charge in [-0.25, -0.2) is 4.79 Å². The molecule has 1 fully saturated rings. The predicted octanol–water partition coefficient (Wildman–Crippen LogP) is 3.56. The molecule has 1 aliphatic carbocycles. The van der Waals surface area contributed by atoms with E-state index in [0.717, 1.165) is 24.1 Å². The predicted molar refractivity (Wildman–Crippen MR) is 84.5 cm³/mol. The number of carbonyl (C=O) groups excluding carboxylic acids is 1. The normalized spacial score (nSPS) is 25.9. The minimum Gasteiger partial charge on any atom is -0.479 e. The van der Waals surface area contributed by atoms with Gasteiger partial charge >= 0.3 is 5.97 Å². The number of halogens is 1. The average Bonchev–Trinajstić information content (AvgIpc) is 2.85. The summed E-state index contributed by atoms with van der Waals surface area (Å²) < 4.78 is 0.651. The molecule has 1 aliphatic rings. The molecule has 1 heterocycles. The lowest BCUT2D eigenvalue weighted by Crippen LogP contribution is -2.59. The fraction of sp³-hybridized carbons (Fsp3) is 0.467. The number of carboxylic acid groups (broad SMARTS) is 1. The standard InChI is InChI=1S/C15H18ClNO3S/c1-10-4-2-3-9-15(10,14(19)20)17-13(18)8-6-11-5-7-12(16)21-11/h5-8,10H,2-4,9H2,1H3,(H,17,18)(H,19,20). The molecule has 1 aromatic heterocycles. The van der Waals surface area contributed by atoms with Crippen LogP contribution < -0.4 is 5.32 Å². The zero-order valence-electron chi connectivity index (χ0n) is 11.8. The molecule has 1 saturated carbocycles. The van der Waals surface area contributed by atoms with E-state index in [1.807, 2.05) is 13.0 Å². The minimum absolute atomic E-state index is 0.0720. The molecule has 4 nitrogen and oxygen atoms in total. The topological polar surface area (TPSA) is 66.4 Å². The minimum atomic E-state index is -1.15. The Hall–Kier alpha value is -1.33. The maximum absolute atomic E-state index is 12.1. The number of thiophene rings is 1. The SMILES string of the molecule is CC1CCCCC1(NC(=O)C=Cc1ccc(Cl)s1)C(=O)O. The van der Waals surface area contributed by atoms with Crippen molar-refractivity contribution < 1.29 is 14.7 Å². The van der Waals surface area contributed by atoms with E-state index in [4.69, 9.17) is 11.6 Å². The van der Waals surface area contributed by atoms with E-state index in [9.17, 15) is 14.7 Å². The molecular weight excluding hydrogens is 310 g/mol. The Bertz CT molecular complexity index is 569. The van der Waals surface area contributed by atoms with Gasteiger partial charge in [0, 0.05) is 11.0 Å². The average molecular weight is 328 g/mol. The molecule has 0 spiro atoms. The van der Waals surface area contributed by atoms with E-state index in [1.54, 1.807) is 12.1 Å². The summed E-state index contributed by atoms with van der Waals surface area (Å²) in [5, 5.41) is 12.2. The number of hydrogen-bond acceptors (Lipinski definition) is 3. The van der Waals surface area contributed by atoms with Gasteiger partial charge in [0.15, 0.2) is 0 Å². The van der Waals surface area contributed by atoms with Gasteiger partial charge in [0.1, 0.15) is 5.54 Å². The molecule has 2 N–H and O–H groups in total. The number of nitrogens with one attached hydrogen (secondary N) is 1. The van der Waals surface area contributed by atoms with E-state index in [-0.39, 0.29) is 11.8 Å². The second-order valence-corrected chi connectivity index (χ2v) is 7.13. The monoisotopic (exact) mass is 327 g/mol. The molecule has 6 heteroatoms. The highest BCUT2D eigenvalue weighted by atomic mass is 35.5. The van der Waals surface area contributed by atoms with Crippen molar-refractivity contribution in [1.29, 1.82) is 0 Å². The lowest BCUT2D eigenvalue weighted by Gasteiger charge is -2.39. The Kier molecular flexibility index (Phi) is 5.06. The van der Waals surface area contributed by atoms with E-state index in [0.29, 0.717) is 10.8 Å². The van der Waals surface area contributed by atoms with Gasteiger partial charge in [0.2, 0.25) is 5.91 Å². The van der Waals surface area contributed by atoms with Crippen LogP contribution in [0, 0.1) is 5.92 Å². The van der Waals surface area contributed by atoms with Crippen LogP contribution in [-0.4, -0.2) is 22.5 Å². The number of rotatable bonds is 4. The van der Waals surface area contributed by atoms with E-state index < -0.39 is 11.5 Å². The van der Waals surface area contributed by atoms with Crippen molar-refractivity contribution in [3.05, 3.63) is 27.4 Å². The molecule has 0 saturated heterocycles. The van der Waals surface area contributed by atoms with Crippen molar-refractivity contribution in [2.75, 3.05) is 0 Å². The molecular formula is C15H18ClNO3S. The van der Waals surface area contributed by atoms with Crippen LogP contribution in [0.4, 0.5) is 0 Å². The Morgan fingerprint density at radius 2 is 2.24 bits per heavy atom. The lowest BCUT2D eigenvalue weighted by atomic mass is 9.73. The largest absolute Gasteiger partial charge is 0.479 e. The maximum atomic E-state index is 12.1. The van der Waals surface area contributed by atoms with Crippen LogP contribution in [-0.2, 0) is 9.59 Å². The molecule has 2 unspecified atom stereocenters. The van der Waals surface area contributed by atoms with Crippen LogP contribution in [0.2, 0.25) is 4.34 Å². The highest BCUT2D eigenvalue weighted by molar-refractivity contribution is 7.17. The summed E-state index contributed by atoms with van der Waals surface area (Å²) in [7, 11) is 0. The Morgan fingerprint density at radius 3 is 2.81 bits per heavy atom. The molecule has 1 aromatic rings. The first-order valence-electron chi connectivity index (χ1n) is 6.93. The summed E-state index contributed by atoms with van der Waals surface area (Å²) >= 11 is 7.18. The molecule has 0 bridgehead atoms. The van der Waals surface area contributed by atoms with Gasteiger partial charge in [0.05, 0.1) is 4.34 Å². The molecule has 0 aromatic carbocycles. The van der Waals surface area contributed by atoms with Gasteiger partial charge in [0.25, 0.3) is 0 Å². The Balaban J connectivity index is 2.08. The first kappa shape index (κ1) is 16.0. The Labute approximate surface area is 132 Å². The maximum Gasteiger partial charge on any atom is 0.329 e. The van der Waals surface area contributed by atoms with E-state index in [1.165, 1.54) is 17.4 Å². The second kappa shape index (κ2) is 6.62. The van der Waals surface area contributed by atoms with Crippen LogP contribution in [0.25, 0.3) is 6.08 Å². The second-order valence-electron chi connectivity index (χ2n) is 5.39. The highest BCUT2D eigenvalue weighted by Gasteiger charge is 2.45. The third kappa shape index (κ3) is 3.66. The third-order valence-electron chi connectivity index (χ3n) is 4.02. The van der Waals surface area contributed by atoms with Crippen LogP contribution in [0.3, 0.4) is 0 Å². The van der Waals surface area contributed by atoms with Crippen molar-refractivity contribution in [2.45, 2.75) is 38.1 Å². The van der Waals surface area contributed by atoms with Gasteiger partial charge in [-0.05, 0) is 37.0 Å². The molecule has 0 aliphatic heterocycles. The van der Waals surface area contributed by atoms with Crippen LogP contribution in [0.15, 0.2) is 18.2 Å². The van der Waals surface area contributed by atoms with Crippen molar-refractivity contribution in [3.8, 4) is 0 Å². The van der Waals surface area contributed by atoms with Gasteiger partial charge in [-0.15, -0.1) is 11.3 Å². The molecule has 114 valence electrons. The van der Waals surface area contributed by atoms with E-state index >= 15 is 0 Å². The summed E-state index contributed by atoms with van der Waals surface area (Å²) in [6, 6.07) is 3.57. The molecule has 2 rings (SSSR count). The summed E-state index contributed by atoms with van der Waals surface area (Å²) in [4.78, 5) is 24.6. The van der Waals surface area contributed by atoms with Crippen molar-refractivity contribution >= 4 is 40.9 Å². The summed E-state index contributed by atoms with van der Waals surface area (Å²) in [6.45, 7) is 1.89. The van der Waals surface area contributed by atoms with Gasteiger partial charge in [-0.3, -0.25) is 4.79 Å². The number of carbonyl (C=O) groups is 2. The zero-order chi connectivity index (χ0) is 15.5. The van der Waals surface area contributed by atoms with Crippen molar-refractivity contribution in [2.24, 2.45) is 5.92 Å². The number of amides is 1. The Morgan fingerprint density at radius 1 is 1.48 bits per heavy atom. The zero-order valence-corrected chi connectivity index (χ0v) is 13.3. The smallest absolute Gasteiger partial charge is 0.329 e. The van der Waals surface area contributed by atoms with Gasteiger partial charge < -0.3 is 10.4 Å². The number of carboxylic acids is 1. The van der Waals surface area contributed by atoms with E-state index in [2.05, 4.69) is 5.32 Å². The molecule has 1 amide bonds. The summed E-state index contributed by atoms with van der Waals surface area (Å²) in [5.41, 5.74) is -1.15. The van der Waals surface area contributed by atoms with Crippen molar-refractivity contribution in [3.63, 3.8) is 0 Å². The fourth-order valence-corrected chi connectivity index (χ4v) is 3.70. The summed E-state index contributed by atoms with van der Waals surface area (Å²) in [6.07, 6.45) is 6.14. The fourth-order valence-electron chi connectivity index (χ4n) is 2.74. The summed E-state index contributed by atoms with van der Waals surface area (Å²) in [5.74, 6) is -1.40. The molecule has 2 atom stereocenters. The van der Waals surface area contributed by atoms with Crippen LogP contribution in [0.1, 0.15) is 37.5 Å². The van der Waals surface area contributed by atoms with Gasteiger partial charge in [-0.1, -0.05) is 31.4 Å². The first-order valence-corrected chi connectivity index (χ1v) is 8.12. The van der Waals surface area contributed by atoms with Crippen LogP contribution in [0.5, 0.6) is 0 Å². The van der Waals surface area contributed by atoms with Crippen LogP contribution >= 0.6 is 22.9 Å². The lowest BCUT2D eigenvalue weighted by molar-refractivity contribution is -0.151. The molecule has 21 heavy (non-hydrogen) atoms. The number of hydrogen-bond donors (Lipinski definition) is 2.